The van der Waals surface area contributed by atoms with Gasteiger partial charge in [-0.2, -0.15) is 18.2 Å². The van der Waals surface area contributed by atoms with Gasteiger partial charge in [0.25, 0.3) is 5.56 Å². The van der Waals surface area contributed by atoms with Gasteiger partial charge in [-0.15, -0.1) is 0 Å². The molecule has 2 fully saturated rings. The van der Waals surface area contributed by atoms with Gasteiger partial charge in [0.15, 0.2) is 5.78 Å². The number of anilines is 2. The predicted octanol–water partition coefficient (Wildman–Crippen LogP) is 1.76. The van der Waals surface area contributed by atoms with Crippen LogP contribution in [-0.4, -0.2) is 60.4 Å². The van der Waals surface area contributed by atoms with Crippen molar-refractivity contribution in [2.24, 2.45) is 5.92 Å². The Balaban J connectivity index is 1.75. The lowest BCUT2D eigenvalue weighted by molar-refractivity contribution is -0.170. The predicted molar refractivity (Wildman–Crippen MR) is 95.8 cm³/mol. The van der Waals surface area contributed by atoms with Crippen molar-refractivity contribution < 1.29 is 22.7 Å². The number of carbonyl (C=O) groups is 1. The molecule has 0 spiro atoms. The summed E-state index contributed by atoms with van der Waals surface area (Å²) >= 11 is 0. The number of ketones is 1. The normalized spacial score (nSPS) is 25.6. The molecule has 4 rings (SSSR count). The van der Waals surface area contributed by atoms with E-state index in [0.29, 0.717) is 30.1 Å². The van der Waals surface area contributed by atoms with Crippen LogP contribution in [0.4, 0.5) is 24.9 Å². The average Bonchev–Trinajstić information content (AvgIpc) is 3.46. The first-order chi connectivity index (χ1) is 13.3. The minimum Gasteiger partial charge on any atom is -0.377 e. The summed E-state index contributed by atoms with van der Waals surface area (Å²) in [6, 6.07) is -0.811. The van der Waals surface area contributed by atoms with E-state index in [4.69, 9.17) is 4.74 Å². The molecular weight excluding hydrogens is 377 g/mol. The second-order valence-corrected chi connectivity index (χ2v) is 7.75. The number of carbonyl (C=O) groups excluding carboxylic acids is 1. The highest BCUT2D eigenvalue weighted by Crippen LogP contribution is 2.39. The molecule has 1 saturated carbocycles. The van der Waals surface area contributed by atoms with E-state index < -0.39 is 17.8 Å². The molecule has 154 valence electrons. The molecule has 0 amide bonds. The summed E-state index contributed by atoms with van der Waals surface area (Å²) in [5.41, 5.74) is -0.746. The van der Waals surface area contributed by atoms with Crippen molar-refractivity contribution in [2.45, 2.75) is 44.4 Å². The van der Waals surface area contributed by atoms with E-state index in [0.717, 1.165) is 18.9 Å². The van der Waals surface area contributed by atoms with Crippen LogP contribution < -0.4 is 15.4 Å². The zero-order valence-corrected chi connectivity index (χ0v) is 15.6. The minimum absolute atomic E-state index is 0.00333. The smallest absolute Gasteiger partial charge is 0.377 e. The molecule has 1 aromatic heterocycles. The molecule has 1 unspecified atom stereocenters. The first kappa shape index (κ1) is 19.2. The van der Waals surface area contributed by atoms with Crippen LogP contribution >= 0.6 is 0 Å². The fourth-order valence-corrected chi connectivity index (χ4v) is 3.89. The monoisotopic (exact) mass is 400 g/mol. The number of morpholine rings is 1. The van der Waals surface area contributed by atoms with Crippen LogP contribution in [0.25, 0.3) is 0 Å². The Hall–Kier alpha value is -2.10. The van der Waals surface area contributed by atoms with Crippen molar-refractivity contribution in [3.63, 3.8) is 0 Å². The minimum atomic E-state index is -4.55. The maximum Gasteiger partial charge on any atom is 0.409 e. The molecule has 0 radical (unpaired) electrons. The van der Waals surface area contributed by atoms with Crippen molar-refractivity contribution in [1.82, 2.24) is 9.55 Å². The second-order valence-electron chi connectivity index (χ2n) is 7.75. The van der Waals surface area contributed by atoms with Gasteiger partial charge in [0.1, 0.15) is 11.9 Å². The van der Waals surface area contributed by atoms with Crippen LogP contribution in [0.1, 0.15) is 32.2 Å². The zero-order chi connectivity index (χ0) is 20.1. The number of aromatic nitrogens is 2. The molecule has 3 heterocycles. The maximum absolute atomic E-state index is 13.5. The standard InChI is InChI=1S/C18H23F3N4O3/c1-11-10-28-7-6-24(11)15-8-16(27)25-14(18(19,20)21)4-5-23(17(25)22-15)9-13(26)12-2-3-12/h8,11-12,14H,2-7,9-10H2,1H3/t11-,14?/m1/s1. The Bertz CT molecular complexity index is 821. The van der Waals surface area contributed by atoms with Gasteiger partial charge in [-0.25, -0.2) is 0 Å². The molecule has 1 saturated heterocycles. The van der Waals surface area contributed by atoms with Crippen LogP contribution in [0.3, 0.4) is 0 Å². The molecule has 0 bridgehead atoms. The summed E-state index contributed by atoms with van der Waals surface area (Å²) in [7, 11) is 0. The van der Waals surface area contributed by atoms with E-state index >= 15 is 0 Å². The third-order valence-corrected chi connectivity index (χ3v) is 5.61. The quantitative estimate of drug-likeness (QED) is 0.767. The number of rotatable bonds is 4. The molecule has 1 aromatic rings. The number of hydrogen-bond acceptors (Lipinski definition) is 6. The van der Waals surface area contributed by atoms with Crippen molar-refractivity contribution in [2.75, 3.05) is 42.6 Å². The largest absolute Gasteiger partial charge is 0.409 e. The molecule has 2 atom stereocenters. The van der Waals surface area contributed by atoms with Crippen LogP contribution in [0, 0.1) is 5.92 Å². The number of halogens is 3. The lowest BCUT2D eigenvalue weighted by Crippen LogP contribution is -2.49. The molecule has 2 aliphatic heterocycles. The molecule has 1 aliphatic carbocycles. The van der Waals surface area contributed by atoms with Gasteiger partial charge >= 0.3 is 6.18 Å². The number of nitrogens with zero attached hydrogens (tertiary/aromatic N) is 4. The lowest BCUT2D eigenvalue weighted by Gasteiger charge is -2.38. The zero-order valence-electron chi connectivity index (χ0n) is 15.6. The third-order valence-electron chi connectivity index (χ3n) is 5.61. The fourth-order valence-electron chi connectivity index (χ4n) is 3.89. The average molecular weight is 400 g/mol. The number of ether oxygens (including phenoxy) is 1. The van der Waals surface area contributed by atoms with Crippen molar-refractivity contribution in [3.05, 3.63) is 16.4 Å². The SMILES string of the molecule is C[C@@H]1COCCN1c1cc(=O)n2c(n1)N(CC(=O)C1CC1)CCC2C(F)(F)F. The highest BCUT2D eigenvalue weighted by molar-refractivity contribution is 5.87. The van der Waals surface area contributed by atoms with Crippen LogP contribution in [-0.2, 0) is 9.53 Å². The molecule has 0 N–H and O–H groups in total. The summed E-state index contributed by atoms with van der Waals surface area (Å²) in [5, 5.41) is 0. The maximum atomic E-state index is 13.5. The van der Waals surface area contributed by atoms with Crippen LogP contribution in [0.15, 0.2) is 10.9 Å². The Morgan fingerprint density at radius 1 is 1.29 bits per heavy atom. The number of Topliss-reactive ketones (excluding diaryl/α,β-unsaturated/α-hetero) is 1. The van der Waals surface area contributed by atoms with E-state index in [1.54, 1.807) is 0 Å². The molecule has 3 aliphatic rings. The molecule has 7 nitrogen and oxygen atoms in total. The number of alkyl halides is 3. The van der Waals surface area contributed by atoms with Gasteiger partial charge in [-0.3, -0.25) is 14.2 Å². The lowest BCUT2D eigenvalue weighted by atomic mass is 10.1. The van der Waals surface area contributed by atoms with Gasteiger partial charge in [0, 0.05) is 25.1 Å². The molecule has 10 heteroatoms. The second kappa shape index (κ2) is 7.06. The van der Waals surface area contributed by atoms with Gasteiger partial charge in [0.05, 0.1) is 25.8 Å². The van der Waals surface area contributed by atoms with Crippen molar-refractivity contribution >= 4 is 17.5 Å². The summed E-state index contributed by atoms with van der Waals surface area (Å²) in [5.74, 6) is 0.252. The van der Waals surface area contributed by atoms with Crippen LogP contribution in [0.5, 0.6) is 0 Å². The van der Waals surface area contributed by atoms with E-state index in [1.165, 1.54) is 4.90 Å². The number of hydrogen-bond donors (Lipinski definition) is 0. The van der Waals surface area contributed by atoms with E-state index in [9.17, 15) is 22.8 Å². The summed E-state index contributed by atoms with van der Waals surface area (Å²) in [4.78, 5) is 32.8. The Kier molecular flexibility index (Phi) is 4.84. The Morgan fingerprint density at radius 3 is 2.68 bits per heavy atom. The fraction of sp³-hybridized carbons (Fsp3) is 0.722. The van der Waals surface area contributed by atoms with E-state index in [1.807, 2.05) is 11.8 Å². The van der Waals surface area contributed by atoms with Gasteiger partial charge < -0.3 is 14.5 Å². The van der Waals surface area contributed by atoms with Gasteiger partial charge in [0.2, 0.25) is 5.95 Å². The molecule has 0 aromatic carbocycles. The topological polar surface area (TPSA) is 67.7 Å². The summed E-state index contributed by atoms with van der Waals surface area (Å²) in [6.45, 7) is 3.35. The van der Waals surface area contributed by atoms with Crippen molar-refractivity contribution in [1.29, 1.82) is 0 Å². The first-order valence-electron chi connectivity index (χ1n) is 9.58. The highest BCUT2D eigenvalue weighted by Gasteiger charge is 2.46. The van der Waals surface area contributed by atoms with Gasteiger partial charge in [-0.1, -0.05) is 0 Å². The van der Waals surface area contributed by atoms with E-state index in [-0.39, 0.29) is 43.2 Å². The Morgan fingerprint density at radius 2 is 2.04 bits per heavy atom. The molecule has 28 heavy (non-hydrogen) atoms. The highest BCUT2D eigenvalue weighted by atomic mass is 19.4. The van der Waals surface area contributed by atoms with E-state index in [2.05, 4.69) is 4.98 Å². The summed E-state index contributed by atoms with van der Waals surface area (Å²) in [6.07, 6.45) is -3.18. The first-order valence-corrected chi connectivity index (χ1v) is 9.58. The summed E-state index contributed by atoms with van der Waals surface area (Å²) < 4.78 is 46.7. The Labute approximate surface area is 160 Å². The molecular formula is C18H23F3N4O3. The van der Waals surface area contributed by atoms with Crippen LogP contribution in [0.2, 0.25) is 0 Å². The third kappa shape index (κ3) is 3.61. The van der Waals surface area contributed by atoms with Gasteiger partial charge in [-0.05, 0) is 26.2 Å². The van der Waals surface area contributed by atoms with Crippen molar-refractivity contribution in [3.8, 4) is 0 Å². The number of fused-ring (bicyclic) bond motifs is 1.